The summed E-state index contributed by atoms with van der Waals surface area (Å²) in [5.74, 6) is 1.84. The molecule has 1 unspecified atom stereocenters. The average Bonchev–Trinajstić information content (AvgIpc) is 2.95. The van der Waals surface area contributed by atoms with Gasteiger partial charge in [0.15, 0.2) is 5.65 Å². The van der Waals surface area contributed by atoms with Crippen molar-refractivity contribution >= 4 is 22.8 Å². The highest BCUT2D eigenvalue weighted by Crippen LogP contribution is 2.28. The van der Waals surface area contributed by atoms with Gasteiger partial charge in [0.2, 0.25) is 5.95 Å². The third-order valence-electron chi connectivity index (χ3n) is 3.70. The molecule has 3 rings (SSSR count). The zero-order valence-electron chi connectivity index (χ0n) is 11.6. The minimum atomic E-state index is 0.232. The topological polar surface area (TPSA) is 90.0 Å². The van der Waals surface area contributed by atoms with Crippen molar-refractivity contribution in [2.24, 2.45) is 5.92 Å². The van der Waals surface area contributed by atoms with E-state index >= 15 is 0 Å². The Bertz CT molecular complexity index is 583. The van der Waals surface area contributed by atoms with E-state index < -0.39 is 0 Å². The molecule has 0 amide bonds. The van der Waals surface area contributed by atoms with E-state index in [1.54, 1.807) is 6.20 Å². The summed E-state index contributed by atoms with van der Waals surface area (Å²) in [4.78, 5) is 11.2. The molecule has 108 valence electrons. The predicted molar refractivity (Wildman–Crippen MR) is 77.9 cm³/mol. The van der Waals surface area contributed by atoms with Crippen molar-refractivity contribution in [2.75, 3.05) is 36.5 Å². The maximum atomic E-state index is 9.38. The van der Waals surface area contributed by atoms with Crippen molar-refractivity contribution < 1.29 is 5.11 Å². The SMILES string of the molecule is CCNc1nc(N2CCCC(CO)C2)c2cn[nH]c2n1. The highest BCUT2D eigenvalue weighted by atomic mass is 16.3. The molecule has 20 heavy (non-hydrogen) atoms. The second-order valence-electron chi connectivity index (χ2n) is 5.17. The Morgan fingerprint density at radius 1 is 1.50 bits per heavy atom. The second kappa shape index (κ2) is 5.62. The van der Waals surface area contributed by atoms with E-state index in [4.69, 9.17) is 0 Å². The number of aromatic amines is 1. The van der Waals surface area contributed by atoms with Crippen LogP contribution in [-0.4, -0.2) is 51.5 Å². The van der Waals surface area contributed by atoms with Crippen LogP contribution in [0.3, 0.4) is 0 Å². The van der Waals surface area contributed by atoms with E-state index in [0.717, 1.165) is 49.3 Å². The van der Waals surface area contributed by atoms with Gasteiger partial charge in [-0.15, -0.1) is 0 Å². The van der Waals surface area contributed by atoms with Crippen LogP contribution in [-0.2, 0) is 0 Å². The Hall–Kier alpha value is -1.89. The van der Waals surface area contributed by atoms with Gasteiger partial charge < -0.3 is 15.3 Å². The zero-order chi connectivity index (χ0) is 13.9. The number of rotatable bonds is 4. The minimum Gasteiger partial charge on any atom is -0.396 e. The van der Waals surface area contributed by atoms with Gasteiger partial charge in [-0.25, -0.2) is 0 Å². The number of hydrogen-bond acceptors (Lipinski definition) is 6. The molecule has 0 aromatic carbocycles. The van der Waals surface area contributed by atoms with E-state index in [9.17, 15) is 5.11 Å². The van der Waals surface area contributed by atoms with Crippen molar-refractivity contribution in [3.05, 3.63) is 6.20 Å². The Morgan fingerprint density at radius 2 is 2.40 bits per heavy atom. The van der Waals surface area contributed by atoms with Gasteiger partial charge in [-0.2, -0.15) is 15.1 Å². The van der Waals surface area contributed by atoms with Gasteiger partial charge >= 0.3 is 0 Å². The molecular formula is C13H20N6O. The third-order valence-corrected chi connectivity index (χ3v) is 3.70. The maximum absolute atomic E-state index is 9.38. The molecule has 1 aliphatic rings. The van der Waals surface area contributed by atoms with Crippen LogP contribution in [0.1, 0.15) is 19.8 Å². The lowest BCUT2D eigenvalue weighted by molar-refractivity contribution is 0.208. The number of nitrogens with zero attached hydrogens (tertiary/aromatic N) is 4. The molecular weight excluding hydrogens is 256 g/mol. The number of fused-ring (bicyclic) bond motifs is 1. The normalized spacial score (nSPS) is 19.5. The van der Waals surface area contributed by atoms with E-state index in [-0.39, 0.29) is 6.61 Å². The summed E-state index contributed by atoms with van der Waals surface area (Å²) in [5, 5.41) is 20.4. The Morgan fingerprint density at radius 3 is 3.20 bits per heavy atom. The summed E-state index contributed by atoms with van der Waals surface area (Å²) in [7, 11) is 0. The van der Waals surface area contributed by atoms with Crippen molar-refractivity contribution in [2.45, 2.75) is 19.8 Å². The summed E-state index contributed by atoms with van der Waals surface area (Å²) in [5.41, 5.74) is 0.747. The van der Waals surface area contributed by atoms with Crippen LogP contribution in [0.5, 0.6) is 0 Å². The lowest BCUT2D eigenvalue weighted by Crippen LogP contribution is -2.37. The summed E-state index contributed by atoms with van der Waals surface area (Å²) in [6, 6.07) is 0. The number of H-pyrrole nitrogens is 1. The highest BCUT2D eigenvalue weighted by molar-refractivity contribution is 5.87. The fourth-order valence-electron chi connectivity index (χ4n) is 2.70. The first-order valence-electron chi connectivity index (χ1n) is 7.12. The fraction of sp³-hybridized carbons (Fsp3) is 0.615. The molecule has 7 heteroatoms. The van der Waals surface area contributed by atoms with Crippen LogP contribution in [0.15, 0.2) is 6.20 Å². The fourth-order valence-corrected chi connectivity index (χ4v) is 2.70. The van der Waals surface area contributed by atoms with Crippen LogP contribution in [0, 0.1) is 5.92 Å². The predicted octanol–water partition coefficient (Wildman–Crippen LogP) is 0.993. The number of aliphatic hydroxyl groups is 1. The van der Waals surface area contributed by atoms with Crippen molar-refractivity contribution in [3.8, 4) is 0 Å². The first kappa shape index (κ1) is 13.1. The number of aromatic nitrogens is 4. The Balaban J connectivity index is 1.98. The molecule has 2 aromatic rings. The molecule has 3 heterocycles. The summed E-state index contributed by atoms with van der Waals surface area (Å²) < 4.78 is 0. The van der Waals surface area contributed by atoms with Crippen molar-refractivity contribution in [1.29, 1.82) is 0 Å². The summed E-state index contributed by atoms with van der Waals surface area (Å²) >= 11 is 0. The lowest BCUT2D eigenvalue weighted by atomic mass is 9.99. The molecule has 1 atom stereocenters. The van der Waals surface area contributed by atoms with Crippen LogP contribution >= 0.6 is 0 Å². The van der Waals surface area contributed by atoms with Crippen LogP contribution < -0.4 is 10.2 Å². The van der Waals surface area contributed by atoms with Crippen LogP contribution in [0.2, 0.25) is 0 Å². The molecule has 1 saturated heterocycles. The number of aliphatic hydroxyl groups excluding tert-OH is 1. The highest BCUT2D eigenvalue weighted by Gasteiger charge is 2.23. The first-order chi connectivity index (χ1) is 9.81. The molecule has 7 nitrogen and oxygen atoms in total. The van der Waals surface area contributed by atoms with Crippen molar-refractivity contribution in [3.63, 3.8) is 0 Å². The van der Waals surface area contributed by atoms with Gasteiger partial charge in [0, 0.05) is 26.2 Å². The zero-order valence-corrected chi connectivity index (χ0v) is 11.6. The Kier molecular flexibility index (Phi) is 3.68. The van der Waals surface area contributed by atoms with Gasteiger partial charge in [-0.1, -0.05) is 0 Å². The van der Waals surface area contributed by atoms with Gasteiger partial charge in [0.05, 0.1) is 11.6 Å². The number of piperidine rings is 1. The van der Waals surface area contributed by atoms with Gasteiger partial charge in [0.1, 0.15) is 5.82 Å². The molecule has 0 aliphatic carbocycles. The molecule has 0 radical (unpaired) electrons. The summed E-state index contributed by atoms with van der Waals surface area (Å²) in [6.45, 7) is 4.82. The number of hydrogen-bond donors (Lipinski definition) is 3. The van der Waals surface area contributed by atoms with Gasteiger partial charge in [-0.05, 0) is 25.7 Å². The van der Waals surface area contributed by atoms with E-state index in [1.165, 1.54) is 0 Å². The van der Waals surface area contributed by atoms with E-state index in [0.29, 0.717) is 11.9 Å². The second-order valence-corrected chi connectivity index (χ2v) is 5.17. The molecule has 0 spiro atoms. The third kappa shape index (κ3) is 2.40. The minimum absolute atomic E-state index is 0.232. The summed E-state index contributed by atoms with van der Waals surface area (Å²) in [6.07, 6.45) is 3.92. The van der Waals surface area contributed by atoms with Gasteiger partial charge in [0.25, 0.3) is 0 Å². The molecule has 1 fully saturated rings. The van der Waals surface area contributed by atoms with Crippen LogP contribution in [0.25, 0.3) is 11.0 Å². The molecule has 3 N–H and O–H groups in total. The average molecular weight is 276 g/mol. The van der Waals surface area contributed by atoms with Crippen LogP contribution in [0.4, 0.5) is 11.8 Å². The quantitative estimate of drug-likeness (QED) is 0.771. The van der Waals surface area contributed by atoms with E-state index in [2.05, 4.69) is 30.4 Å². The van der Waals surface area contributed by atoms with Crippen molar-refractivity contribution in [1.82, 2.24) is 20.2 Å². The molecule has 0 bridgehead atoms. The number of anilines is 2. The monoisotopic (exact) mass is 276 g/mol. The maximum Gasteiger partial charge on any atom is 0.226 e. The largest absolute Gasteiger partial charge is 0.396 e. The van der Waals surface area contributed by atoms with Gasteiger partial charge in [-0.3, -0.25) is 5.10 Å². The molecule has 1 aliphatic heterocycles. The molecule has 2 aromatic heterocycles. The lowest BCUT2D eigenvalue weighted by Gasteiger charge is -2.33. The first-order valence-corrected chi connectivity index (χ1v) is 7.12. The number of nitrogens with one attached hydrogen (secondary N) is 2. The molecule has 0 saturated carbocycles. The Labute approximate surface area is 117 Å². The standard InChI is InChI=1S/C13H20N6O/c1-2-14-13-16-11-10(6-15-18-11)12(17-13)19-5-3-4-9(7-19)8-20/h6,9,20H,2-5,7-8H2,1H3,(H2,14,15,16,17,18). The van der Waals surface area contributed by atoms with E-state index in [1.807, 2.05) is 6.92 Å². The smallest absolute Gasteiger partial charge is 0.226 e.